The lowest BCUT2D eigenvalue weighted by molar-refractivity contribution is 0.315. The summed E-state index contributed by atoms with van der Waals surface area (Å²) in [5, 5.41) is 1.09. The van der Waals surface area contributed by atoms with Crippen molar-refractivity contribution in [3.8, 4) is 5.75 Å². The van der Waals surface area contributed by atoms with Gasteiger partial charge in [0.15, 0.2) is 0 Å². The molecule has 0 fully saturated rings. The summed E-state index contributed by atoms with van der Waals surface area (Å²) in [5.41, 5.74) is 10.1. The monoisotopic (exact) mass is 470 g/mol. The molecule has 0 bridgehead atoms. The number of fused-ring (bicyclic) bond motifs is 1. The first-order chi connectivity index (χ1) is 14.2. The molecule has 2 aromatic carbocycles. The van der Waals surface area contributed by atoms with Gasteiger partial charge in [-0.25, -0.2) is 12.7 Å². The predicted molar refractivity (Wildman–Crippen MR) is 123 cm³/mol. The van der Waals surface area contributed by atoms with Crippen LogP contribution in [0.4, 0.5) is 0 Å². The average molecular weight is 471 g/mol. The van der Waals surface area contributed by atoms with E-state index in [4.69, 9.17) is 33.7 Å². The Hall–Kier alpha value is -1.31. The first kappa shape index (κ1) is 23.4. The van der Waals surface area contributed by atoms with Gasteiger partial charge in [-0.1, -0.05) is 35.3 Å². The van der Waals surface area contributed by atoms with Crippen molar-refractivity contribution in [3.05, 3.63) is 63.1 Å². The maximum atomic E-state index is 11.9. The van der Waals surface area contributed by atoms with Gasteiger partial charge >= 0.3 is 0 Å². The van der Waals surface area contributed by atoms with E-state index in [-0.39, 0.29) is 17.7 Å². The SMILES string of the molecule is CN(C)S(=O)(=O)CCCOc1ccc2c(c1)C(Cc1ccc(Cl)c(Cl)c1)C(N)CC2. The van der Waals surface area contributed by atoms with Crippen molar-refractivity contribution >= 4 is 33.2 Å². The Morgan fingerprint density at radius 2 is 1.90 bits per heavy atom. The molecule has 5 nitrogen and oxygen atoms in total. The van der Waals surface area contributed by atoms with Gasteiger partial charge in [0, 0.05) is 26.1 Å². The van der Waals surface area contributed by atoms with Crippen LogP contribution in [-0.2, 0) is 22.9 Å². The standard InChI is InChI=1S/C22H28Cl2N2O3S/c1-26(2)30(27,28)11-3-10-29-17-7-5-16-6-9-22(25)19(18(16)14-17)12-15-4-8-20(23)21(24)13-15/h4-5,7-8,13-14,19,22H,3,6,9-12,25H2,1-2H3. The van der Waals surface area contributed by atoms with Gasteiger partial charge < -0.3 is 10.5 Å². The molecular formula is C22H28Cl2N2O3S. The summed E-state index contributed by atoms with van der Waals surface area (Å²) in [4.78, 5) is 0. The van der Waals surface area contributed by atoms with Crippen LogP contribution in [0.5, 0.6) is 5.75 Å². The van der Waals surface area contributed by atoms with E-state index in [1.165, 1.54) is 29.5 Å². The van der Waals surface area contributed by atoms with Crippen LogP contribution in [0.3, 0.4) is 0 Å². The zero-order valence-corrected chi connectivity index (χ0v) is 19.6. The van der Waals surface area contributed by atoms with Crippen LogP contribution in [0.25, 0.3) is 0 Å². The van der Waals surface area contributed by atoms with Crippen LogP contribution in [0.15, 0.2) is 36.4 Å². The van der Waals surface area contributed by atoms with Crippen LogP contribution >= 0.6 is 23.2 Å². The van der Waals surface area contributed by atoms with E-state index >= 15 is 0 Å². The van der Waals surface area contributed by atoms with Crippen molar-refractivity contribution in [1.82, 2.24) is 4.31 Å². The molecule has 2 atom stereocenters. The number of halogens is 2. The molecule has 2 N–H and O–H groups in total. The highest BCUT2D eigenvalue weighted by Gasteiger charge is 2.28. The lowest BCUT2D eigenvalue weighted by Gasteiger charge is -2.32. The first-order valence-electron chi connectivity index (χ1n) is 10.0. The number of nitrogens with zero attached hydrogens (tertiary/aromatic N) is 1. The number of hydrogen-bond acceptors (Lipinski definition) is 4. The number of aryl methyl sites for hydroxylation is 1. The summed E-state index contributed by atoms with van der Waals surface area (Å²) in [7, 11) is -0.130. The number of hydrogen-bond donors (Lipinski definition) is 1. The Bertz CT molecular complexity index is 996. The molecule has 0 radical (unpaired) electrons. The van der Waals surface area contributed by atoms with Gasteiger partial charge in [-0.2, -0.15) is 0 Å². The van der Waals surface area contributed by atoms with Crippen molar-refractivity contribution < 1.29 is 13.2 Å². The van der Waals surface area contributed by atoms with Crippen molar-refractivity contribution in [1.29, 1.82) is 0 Å². The normalized spacial score (nSPS) is 19.0. The lowest BCUT2D eigenvalue weighted by atomic mass is 9.76. The first-order valence-corrected chi connectivity index (χ1v) is 12.4. The van der Waals surface area contributed by atoms with E-state index in [1.807, 2.05) is 24.3 Å². The quantitative estimate of drug-likeness (QED) is 0.585. The second kappa shape index (κ2) is 9.88. The number of nitrogens with two attached hydrogens (primary N) is 1. The molecule has 164 valence electrons. The van der Waals surface area contributed by atoms with Gasteiger partial charge in [0.05, 0.1) is 22.4 Å². The highest BCUT2D eigenvalue weighted by atomic mass is 35.5. The van der Waals surface area contributed by atoms with Gasteiger partial charge in [-0.05, 0) is 66.6 Å². The third kappa shape index (κ3) is 5.68. The largest absolute Gasteiger partial charge is 0.494 e. The van der Waals surface area contributed by atoms with E-state index in [2.05, 4.69) is 12.1 Å². The summed E-state index contributed by atoms with van der Waals surface area (Å²) >= 11 is 12.2. The van der Waals surface area contributed by atoms with Gasteiger partial charge in [0.25, 0.3) is 0 Å². The maximum absolute atomic E-state index is 11.9. The Balaban J connectivity index is 1.71. The fraction of sp³-hybridized carbons (Fsp3) is 0.455. The minimum absolute atomic E-state index is 0.0486. The number of sulfonamides is 1. The molecule has 0 heterocycles. The topological polar surface area (TPSA) is 72.6 Å². The van der Waals surface area contributed by atoms with E-state index < -0.39 is 10.0 Å². The Labute approximate surface area is 189 Å². The smallest absolute Gasteiger partial charge is 0.213 e. The number of benzene rings is 2. The molecule has 1 aliphatic carbocycles. The maximum Gasteiger partial charge on any atom is 0.213 e. The van der Waals surface area contributed by atoms with Crippen molar-refractivity contribution in [3.63, 3.8) is 0 Å². The molecule has 0 saturated heterocycles. The molecule has 30 heavy (non-hydrogen) atoms. The highest BCUT2D eigenvalue weighted by Crippen LogP contribution is 2.36. The zero-order valence-electron chi connectivity index (χ0n) is 17.3. The molecule has 0 saturated carbocycles. The van der Waals surface area contributed by atoms with Crippen molar-refractivity contribution in [2.75, 3.05) is 26.5 Å². The Morgan fingerprint density at radius 3 is 2.60 bits per heavy atom. The second-order valence-corrected chi connectivity index (χ2v) is 11.0. The minimum Gasteiger partial charge on any atom is -0.494 e. The highest BCUT2D eigenvalue weighted by molar-refractivity contribution is 7.89. The summed E-state index contributed by atoms with van der Waals surface area (Å²) in [6.07, 6.45) is 3.08. The van der Waals surface area contributed by atoms with Crippen molar-refractivity contribution in [2.45, 2.75) is 37.6 Å². The van der Waals surface area contributed by atoms with E-state index in [0.29, 0.717) is 23.1 Å². The summed E-state index contributed by atoms with van der Waals surface area (Å²) in [5.74, 6) is 0.961. The van der Waals surface area contributed by atoms with Crippen LogP contribution in [0.2, 0.25) is 10.0 Å². The average Bonchev–Trinajstić information content (AvgIpc) is 2.70. The second-order valence-electron chi connectivity index (χ2n) is 7.92. The van der Waals surface area contributed by atoms with Crippen molar-refractivity contribution in [2.24, 2.45) is 5.73 Å². The van der Waals surface area contributed by atoms with Gasteiger partial charge in [-0.3, -0.25) is 0 Å². The van der Waals surface area contributed by atoms with E-state index in [1.54, 1.807) is 0 Å². The van der Waals surface area contributed by atoms with Crippen LogP contribution in [-0.4, -0.2) is 45.2 Å². The van der Waals surface area contributed by atoms with E-state index in [0.717, 1.165) is 30.6 Å². The van der Waals surface area contributed by atoms with Gasteiger partial charge in [0.1, 0.15) is 5.75 Å². The summed E-state index contributed by atoms with van der Waals surface area (Å²) in [6, 6.07) is 11.8. The van der Waals surface area contributed by atoms with Crippen LogP contribution in [0, 0.1) is 0 Å². The van der Waals surface area contributed by atoms with E-state index in [9.17, 15) is 8.42 Å². The molecule has 3 rings (SSSR count). The fourth-order valence-corrected chi connectivity index (χ4v) is 4.95. The van der Waals surface area contributed by atoms with Gasteiger partial charge in [-0.15, -0.1) is 0 Å². The third-order valence-electron chi connectivity index (χ3n) is 5.59. The Kier molecular flexibility index (Phi) is 7.69. The molecule has 0 spiro atoms. The molecule has 0 aromatic heterocycles. The molecule has 1 aliphatic rings. The molecule has 2 aromatic rings. The van der Waals surface area contributed by atoms with Gasteiger partial charge in [0.2, 0.25) is 10.0 Å². The lowest BCUT2D eigenvalue weighted by Crippen LogP contribution is -2.34. The summed E-state index contributed by atoms with van der Waals surface area (Å²) in [6.45, 7) is 0.343. The molecule has 0 aliphatic heterocycles. The molecule has 0 amide bonds. The number of ether oxygens (including phenoxy) is 1. The number of rotatable bonds is 8. The summed E-state index contributed by atoms with van der Waals surface area (Å²) < 4.78 is 30.8. The Morgan fingerprint density at radius 1 is 1.13 bits per heavy atom. The third-order valence-corrected chi connectivity index (χ3v) is 8.25. The molecule has 2 unspecified atom stereocenters. The fourth-order valence-electron chi connectivity index (χ4n) is 3.79. The van der Waals surface area contributed by atoms with Crippen LogP contribution < -0.4 is 10.5 Å². The molecule has 8 heteroatoms. The van der Waals surface area contributed by atoms with Crippen LogP contribution in [0.1, 0.15) is 35.4 Å². The molecular weight excluding hydrogens is 443 g/mol. The minimum atomic E-state index is -3.21. The zero-order chi connectivity index (χ0) is 21.9. The predicted octanol–water partition coefficient (Wildman–Crippen LogP) is 4.25.